The van der Waals surface area contributed by atoms with Crippen LogP contribution in [0.25, 0.3) is 0 Å². The molecule has 1 aromatic carbocycles. The number of nitrogens with zero attached hydrogens (tertiary/aromatic N) is 1. The van der Waals surface area contributed by atoms with Gasteiger partial charge in [-0.2, -0.15) is 0 Å². The molecule has 23 heavy (non-hydrogen) atoms. The van der Waals surface area contributed by atoms with Crippen LogP contribution in [0.5, 0.6) is 11.5 Å². The van der Waals surface area contributed by atoms with Crippen molar-refractivity contribution in [3.8, 4) is 11.5 Å². The fraction of sp³-hybridized carbons (Fsp3) is 0.625. The summed E-state index contributed by atoms with van der Waals surface area (Å²) in [5.41, 5.74) is 1.15. The van der Waals surface area contributed by atoms with E-state index in [0.29, 0.717) is 10.8 Å². The molecule has 1 saturated heterocycles. The van der Waals surface area contributed by atoms with E-state index in [4.69, 9.17) is 16.3 Å². The third kappa shape index (κ3) is 5.30. The van der Waals surface area contributed by atoms with Crippen molar-refractivity contribution in [2.45, 2.75) is 26.8 Å². The van der Waals surface area contributed by atoms with Crippen molar-refractivity contribution < 1.29 is 9.84 Å². The van der Waals surface area contributed by atoms with Crippen LogP contribution >= 0.6 is 36.4 Å². The predicted octanol–water partition coefficient (Wildman–Crippen LogP) is 3.89. The van der Waals surface area contributed by atoms with E-state index in [2.05, 4.69) is 31.0 Å². The maximum Gasteiger partial charge on any atom is 0.176 e. The zero-order chi connectivity index (χ0) is 15.6. The smallest absolute Gasteiger partial charge is 0.176 e. The van der Waals surface area contributed by atoms with Gasteiger partial charge in [0.15, 0.2) is 11.5 Å². The summed E-state index contributed by atoms with van der Waals surface area (Å²) < 4.78 is 5.25. The Labute approximate surface area is 156 Å². The second-order valence-electron chi connectivity index (χ2n) is 6.61. The van der Waals surface area contributed by atoms with Crippen LogP contribution in [-0.4, -0.2) is 43.3 Å². The Morgan fingerprint density at radius 2 is 1.78 bits per heavy atom. The number of phenolic OH excluding ortho intramolecular Hbond substituents is 1. The van der Waals surface area contributed by atoms with Gasteiger partial charge in [-0.1, -0.05) is 32.4 Å². The van der Waals surface area contributed by atoms with Gasteiger partial charge in [-0.15, -0.1) is 24.8 Å². The second kappa shape index (κ2) is 9.19. The molecule has 7 heteroatoms. The lowest BCUT2D eigenvalue weighted by molar-refractivity contribution is 0.0860. The normalized spacial score (nSPS) is 16.9. The highest BCUT2D eigenvalue weighted by Crippen LogP contribution is 2.43. The van der Waals surface area contributed by atoms with Gasteiger partial charge < -0.3 is 15.2 Å². The lowest BCUT2D eigenvalue weighted by Gasteiger charge is -2.42. The highest BCUT2D eigenvalue weighted by Gasteiger charge is 2.33. The quantitative estimate of drug-likeness (QED) is 0.828. The van der Waals surface area contributed by atoms with Crippen molar-refractivity contribution in [1.82, 2.24) is 10.2 Å². The third-order valence-electron chi connectivity index (χ3n) is 3.92. The fourth-order valence-electron chi connectivity index (χ4n) is 3.11. The summed E-state index contributed by atoms with van der Waals surface area (Å²) in [7, 11) is 1.55. The van der Waals surface area contributed by atoms with Crippen LogP contribution in [0.2, 0.25) is 5.02 Å². The van der Waals surface area contributed by atoms with Gasteiger partial charge in [0.25, 0.3) is 0 Å². The average molecular weight is 386 g/mol. The number of hydrogen-bond acceptors (Lipinski definition) is 4. The van der Waals surface area contributed by atoms with Crippen molar-refractivity contribution in [2.24, 2.45) is 5.41 Å². The van der Waals surface area contributed by atoms with E-state index < -0.39 is 0 Å². The Morgan fingerprint density at radius 3 is 2.26 bits per heavy atom. The molecule has 1 atom stereocenters. The van der Waals surface area contributed by atoms with Crippen molar-refractivity contribution in [2.75, 3.05) is 33.3 Å². The highest BCUT2D eigenvalue weighted by atomic mass is 35.5. The first-order valence-corrected chi connectivity index (χ1v) is 7.73. The van der Waals surface area contributed by atoms with Crippen molar-refractivity contribution in [3.05, 3.63) is 22.7 Å². The second-order valence-corrected chi connectivity index (χ2v) is 7.02. The molecule has 134 valence electrons. The Morgan fingerprint density at radius 1 is 1.22 bits per heavy atom. The summed E-state index contributed by atoms with van der Waals surface area (Å²) >= 11 is 6.17. The molecule has 1 fully saturated rings. The lowest BCUT2D eigenvalue weighted by Crippen LogP contribution is -2.48. The van der Waals surface area contributed by atoms with E-state index in [0.717, 1.165) is 31.7 Å². The van der Waals surface area contributed by atoms with E-state index >= 15 is 0 Å². The number of hydrogen-bond donors (Lipinski definition) is 2. The van der Waals surface area contributed by atoms with Gasteiger partial charge in [0.2, 0.25) is 0 Å². The molecule has 0 aliphatic carbocycles. The summed E-state index contributed by atoms with van der Waals surface area (Å²) in [4.78, 5) is 2.47. The minimum absolute atomic E-state index is 0. The van der Waals surface area contributed by atoms with E-state index in [1.54, 1.807) is 7.11 Å². The van der Waals surface area contributed by atoms with Crippen molar-refractivity contribution >= 4 is 36.4 Å². The molecule has 0 bridgehead atoms. The molecule has 0 aromatic heterocycles. The Kier molecular flexibility index (Phi) is 9.03. The lowest BCUT2D eigenvalue weighted by atomic mass is 9.81. The average Bonchev–Trinajstić information content (AvgIpc) is 2.42. The first-order chi connectivity index (χ1) is 9.84. The van der Waals surface area contributed by atoms with Gasteiger partial charge in [-0.25, -0.2) is 0 Å². The van der Waals surface area contributed by atoms with Crippen LogP contribution < -0.4 is 10.1 Å². The van der Waals surface area contributed by atoms with E-state index in [-0.39, 0.29) is 42.0 Å². The molecular formula is C16H27Cl3N2O2. The van der Waals surface area contributed by atoms with Crippen LogP contribution in [0.1, 0.15) is 32.4 Å². The van der Waals surface area contributed by atoms with Crippen LogP contribution in [0.3, 0.4) is 0 Å². The van der Waals surface area contributed by atoms with Gasteiger partial charge >= 0.3 is 0 Å². The summed E-state index contributed by atoms with van der Waals surface area (Å²) in [5.74, 6) is 0.442. The molecule has 2 N–H and O–H groups in total. The van der Waals surface area contributed by atoms with Gasteiger partial charge in [-0.3, -0.25) is 4.90 Å². The number of aromatic hydroxyl groups is 1. The van der Waals surface area contributed by atoms with Crippen LogP contribution in [0.15, 0.2) is 12.1 Å². The van der Waals surface area contributed by atoms with Gasteiger partial charge in [0, 0.05) is 32.2 Å². The van der Waals surface area contributed by atoms with Crippen LogP contribution in [-0.2, 0) is 0 Å². The molecular weight excluding hydrogens is 359 g/mol. The minimum atomic E-state index is 0. The Balaban J connectivity index is 0.00000242. The SMILES string of the molecule is COc1cc([C@H](N2CCNCC2)C(C)(C)C)cc(Cl)c1O.Cl.Cl. The molecule has 0 unspecified atom stereocenters. The first kappa shape index (κ1) is 22.6. The topological polar surface area (TPSA) is 44.7 Å². The highest BCUT2D eigenvalue weighted by molar-refractivity contribution is 6.32. The summed E-state index contributed by atoms with van der Waals surface area (Å²) in [5, 5.41) is 13.7. The Hall–Kier alpha value is -0.390. The van der Waals surface area contributed by atoms with E-state index in [9.17, 15) is 5.11 Å². The number of rotatable bonds is 3. The van der Waals surface area contributed by atoms with Gasteiger partial charge in [-0.05, 0) is 23.1 Å². The van der Waals surface area contributed by atoms with Crippen LogP contribution in [0, 0.1) is 5.41 Å². The molecule has 4 nitrogen and oxygen atoms in total. The molecule has 2 rings (SSSR count). The molecule has 0 radical (unpaired) electrons. The van der Waals surface area contributed by atoms with E-state index in [1.165, 1.54) is 0 Å². The maximum atomic E-state index is 9.94. The van der Waals surface area contributed by atoms with Crippen molar-refractivity contribution in [3.63, 3.8) is 0 Å². The third-order valence-corrected chi connectivity index (χ3v) is 4.21. The first-order valence-electron chi connectivity index (χ1n) is 7.35. The number of piperazine rings is 1. The molecule has 1 heterocycles. The Bertz CT molecular complexity index is 501. The maximum absolute atomic E-state index is 9.94. The number of halogens is 3. The molecule has 0 spiro atoms. The molecule has 1 aliphatic rings. The summed E-state index contributed by atoms with van der Waals surface area (Å²) in [6.45, 7) is 10.7. The fourth-order valence-corrected chi connectivity index (χ4v) is 3.33. The van der Waals surface area contributed by atoms with E-state index in [1.807, 2.05) is 12.1 Å². The zero-order valence-electron chi connectivity index (χ0n) is 14.1. The molecule has 0 amide bonds. The molecule has 1 aliphatic heterocycles. The van der Waals surface area contributed by atoms with Gasteiger partial charge in [0.05, 0.1) is 12.1 Å². The minimum Gasteiger partial charge on any atom is -0.503 e. The van der Waals surface area contributed by atoms with Crippen molar-refractivity contribution in [1.29, 1.82) is 0 Å². The molecule has 0 saturated carbocycles. The number of ether oxygens (including phenoxy) is 1. The summed E-state index contributed by atoms with van der Waals surface area (Å²) in [6.07, 6.45) is 0. The molecule has 1 aromatic rings. The zero-order valence-corrected chi connectivity index (χ0v) is 16.4. The predicted molar refractivity (Wildman–Crippen MR) is 101 cm³/mol. The number of benzene rings is 1. The van der Waals surface area contributed by atoms with Gasteiger partial charge in [0.1, 0.15) is 0 Å². The summed E-state index contributed by atoms with van der Waals surface area (Å²) in [6, 6.07) is 3.99. The number of phenols is 1. The standard InChI is InChI=1S/C16H25ClN2O2.2ClH/c1-16(2,3)15(19-7-5-18-6-8-19)11-9-12(17)14(20)13(10-11)21-4;;/h9-10,15,18,20H,5-8H2,1-4H3;2*1H/t15-;;/m0../s1. The number of methoxy groups -OCH3 is 1. The number of nitrogens with one attached hydrogen (secondary N) is 1. The monoisotopic (exact) mass is 384 g/mol. The largest absolute Gasteiger partial charge is 0.503 e. The van der Waals surface area contributed by atoms with Crippen LogP contribution in [0.4, 0.5) is 0 Å².